The summed E-state index contributed by atoms with van der Waals surface area (Å²) in [5, 5.41) is 3.19. The molecule has 1 N–H and O–H groups in total. The molecule has 0 unspecified atom stereocenters. The van der Waals surface area contributed by atoms with Gasteiger partial charge in [0, 0.05) is 44.5 Å². The molecular weight excluding hydrogens is 306 g/mol. The number of anilines is 2. The van der Waals surface area contributed by atoms with Crippen LogP contribution in [0.5, 0.6) is 0 Å². The van der Waals surface area contributed by atoms with Crippen LogP contribution >= 0.6 is 0 Å². The van der Waals surface area contributed by atoms with Gasteiger partial charge in [-0.15, -0.1) is 6.58 Å². The monoisotopic (exact) mass is 327 g/mol. The van der Waals surface area contributed by atoms with E-state index in [0.717, 1.165) is 11.5 Å². The van der Waals surface area contributed by atoms with Gasteiger partial charge in [0.2, 0.25) is 5.95 Å². The van der Waals surface area contributed by atoms with Gasteiger partial charge in [0.25, 0.3) is 5.91 Å². The number of piperazine rings is 1. The fraction of sp³-hybridized carbons (Fsp3) is 0.353. The van der Waals surface area contributed by atoms with Gasteiger partial charge in [-0.3, -0.25) is 4.79 Å². The minimum atomic E-state index is -0.0712. The van der Waals surface area contributed by atoms with Crippen LogP contribution in [-0.4, -0.2) is 53.5 Å². The number of hydrogen-bond donors (Lipinski definition) is 1. The van der Waals surface area contributed by atoms with E-state index in [1.807, 2.05) is 13.0 Å². The van der Waals surface area contributed by atoms with Crippen LogP contribution in [0, 0.1) is 6.92 Å². The van der Waals surface area contributed by atoms with Gasteiger partial charge >= 0.3 is 0 Å². The molecule has 1 aliphatic rings. The minimum Gasteiger partial charge on any atom is -0.459 e. The van der Waals surface area contributed by atoms with Crippen LogP contribution < -0.4 is 10.2 Å². The van der Waals surface area contributed by atoms with E-state index in [1.54, 1.807) is 23.1 Å². The van der Waals surface area contributed by atoms with Gasteiger partial charge in [-0.05, 0) is 19.1 Å². The Morgan fingerprint density at radius 3 is 2.83 bits per heavy atom. The van der Waals surface area contributed by atoms with Crippen molar-refractivity contribution in [2.24, 2.45) is 0 Å². The van der Waals surface area contributed by atoms with Crippen molar-refractivity contribution >= 4 is 17.7 Å². The molecule has 1 amide bonds. The molecule has 3 heterocycles. The smallest absolute Gasteiger partial charge is 0.289 e. The molecule has 3 rings (SSSR count). The molecule has 0 saturated carbocycles. The fourth-order valence-corrected chi connectivity index (χ4v) is 2.63. The molecule has 1 fully saturated rings. The van der Waals surface area contributed by atoms with Crippen LogP contribution in [0.3, 0.4) is 0 Å². The Kier molecular flexibility index (Phi) is 4.79. The van der Waals surface area contributed by atoms with Crippen molar-refractivity contribution in [3.05, 3.63) is 48.6 Å². The summed E-state index contributed by atoms with van der Waals surface area (Å²) in [7, 11) is 0. The quantitative estimate of drug-likeness (QED) is 0.846. The van der Waals surface area contributed by atoms with Crippen molar-refractivity contribution in [3.63, 3.8) is 0 Å². The summed E-state index contributed by atoms with van der Waals surface area (Å²) in [6.45, 7) is 8.91. The molecule has 0 aromatic carbocycles. The lowest BCUT2D eigenvalue weighted by Gasteiger charge is -2.34. The van der Waals surface area contributed by atoms with Gasteiger partial charge in [-0.25, -0.2) is 4.98 Å². The molecule has 1 saturated heterocycles. The first-order chi connectivity index (χ1) is 11.7. The van der Waals surface area contributed by atoms with E-state index in [4.69, 9.17) is 4.42 Å². The lowest BCUT2D eigenvalue weighted by atomic mass is 10.3. The first kappa shape index (κ1) is 16.0. The number of furan rings is 1. The predicted octanol–water partition coefficient (Wildman–Crippen LogP) is 1.94. The Balaban J connectivity index is 1.65. The molecule has 1 aliphatic heterocycles. The normalized spacial score (nSPS) is 14.5. The summed E-state index contributed by atoms with van der Waals surface area (Å²) in [6, 6.07) is 5.32. The van der Waals surface area contributed by atoms with Crippen LogP contribution in [0.2, 0.25) is 0 Å². The van der Waals surface area contributed by atoms with Gasteiger partial charge < -0.3 is 19.5 Å². The zero-order chi connectivity index (χ0) is 16.9. The van der Waals surface area contributed by atoms with E-state index in [9.17, 15) is 4.79 Å². The Morgan fingerprint density at radius 1 is 1.38 bits per heavy atom. The number of carbonyl (C=O) groups excluding carboxylic acids is 1. The Labute approximate surface area is 141 Å². The zero-order valence-electron chi connectivity index (χ0n) is 13.7. The highest BCUT2D eigenvalue weighted by Gasteiger charge is 2.25. The van der Waals surface area contributed by atoms with Crippen molar-refractivity contribution in [2.45, 2.75) is 6.92 Å². The summed E-state index contributed by atoms with van der Waals surface area (Å²) in [4.78, 5) is 25.2. The van der Waals surface area contributed by atoms with Crippen molar-refractivity contribution < 1.29 is 9.21 Å². The number of rotatable bonds is 5. The van der Waals surface area contributed by atoms with E-state index >= 15 is 0 Å². The van der Waals surface area contributed by atoms with Gasteiger partial charge in [0.1, 0.15) is 5.82 Å². The molecule has 24 heavy (non-hydrogen) atoms. The number of nitrogens with zero attached hydrogens (tertiary/aromatic N) is 4. The molecule has 0 aliphatic carbocycles. The lowest BCUT2D eigenvalue weighted by Crippen LogP contribution is -2.49. The van der Waals surface area contributed by atoms with Gasteiger partial charge in [0.05, 0.1) is 6.26 Å². The predicted molar refractivity (Wildman–Crippen MR) is 92.3 cm³/mol. The second kappa shape index (κ2) is 7.16. The fourth-order valence-electron chi connectivity index (χ4n) is 2.63. The maximum Gasteiger partial charge on any atom is 0.289 e. The third-order valence-corrected chi connectivity index (χ3v) is 3.85. The van der Waals surface area contributed by atoms with Crippen molar-refractivity contribution in [3.8, 4) is 0 Å². The highest BCUT2D eigenvalue weighted by atomic mass is 16.3. The van der Waals surface area contributed by atoms with E-state index in [0.29, 0.717) is 44.4 Å². The van der Waals surface area contributed by atoms with Crippen LogP contribution in [0.1, 0.15) is 16.2 Å². The standard InChI is InChI=1S/C17H21N5O2/c1-3-6-18-15-12-13(2)19-17(20-15)22-9-7-21(8-10-22)16(23)14-5-4-11-24-14/h3-5,11-12H,1,6-10H2,2H3,(H,18,19,20). The van der Waals surface area contributed by atoms with Crippen LogP contribution in [0.4, 0.5) is 11.8 Å². The highest BCUT2D eigenvalue weighted by Crippen LogP contribution is 2.17. The number of amides is 1. The number of carbonyl (C=O) groups is 1. The zero-order valence-corrected chi connectivity index (χ0v) is 13.7. The number of hydrogen-bond acceptors (Lipinski definition) is 6. The van der Waals surface area contributed by atoms with E-state index in [-0.39, 0.29) is 5.91 Å². The first-order valence-electron chi connectivity index (χ1n) is 7.95. The third kappa shape index (κ3) is 3.56. The van der Waals surface area contributed by atoms with E-state index < -0.39 is 0 Å². The van der Waals surface area contributed by atoms with Gasteiger partial charge in [-0.2, -0.15) is 4.98 Å². The second-order valence-electron chi connectivity index (χ2n) is 5.62. The molecule has 0 spiro atoms. The molecule has 0 bridgehead atoms. The maximum atomic E-state index is 12.3. The Bertz CT molecular complexity index is 706. The van der Waals surface area contributed by atoms with Gasteiger partial charge in [0.15, 0.2) is 5.76 Å². The Morgan fingerprint density at radius 2 is 2.17 bits per heavy atom. The summed E-state index contributed by atoms with van der Waals surface area (Å²) in [6.07, 6.45) is 3.30. The molecular formula is C17H21N5O2. The number of aromatic nitrogens is 2. The average Bonchev–Trinajstić information content (AvgIpc) is 3.13. The van der Waals surface area contributed by atoms with Crippen molar-refractivity contribution in [2.75, 3.05) is 42.9 Å². The SMILES string of the molecule is C=CCNc1cc(C)nc(N2CCN(C(=O)c3ccco3)CC2)n1. The lowest BCUT2D eigenvalue weighted by molar-refractivity contribution is 0.0714. The topological polar surface area (TPSA) is 74.5 Å². The van der Waals surface area contributed by atoms with Gasteiger partial charge in [-0.1, -0.05) is 6.08 Å². The number of nitrogens with one attached hydrogen (secondary N) is 1. The van der Waals surface area contributed by atoms with E-state index in [1.165, 1.54) is 6.26 Å². The van der Waals surface area contributed by atoms with Crippen molar-refractivity contribution in [1.29, 1.82) is 0 Å². The number of aryl methyl sites for hydroxylation is 1. The third-order valence-electron chi connectivity index (χ3n) is 3.85. The molecule has 0 atom stereocenters. The van der Waals surface area contributed by atoms with Crippen LogP contribution in [-0.2, 0) is 0 Å². The van der Waals surface area contributed by atoms with E-state index in [2.05, 4.69) is 26.8 Å². The van der Waals surface area contributed by atoms with Crippen molar-refractivity contribution in [1.82, 2.24) is 14.9 Å². The second-order valence-corrected chi connectivity index (χ2v) is 5.62. The molecule has 7 nitrogen and oxygen atoms in total. The molecule has 0 radical (unpaired) electrons. The minimum absolute atomic E-state index is 0.0712. The van der Waals surface area contributed by atoms with Crippen LogP contribution in [0.15, 0.2) is 41.5 Å². The largest absolute Gasteiger partial charge is 0.459 e. The Hall–Kier alpha value is -2.83. The molecule has 2 aromatic rings. The molecule has 2 aromatic heterocycles. The van der Waals surface area contributed by atoms with Crippen LogP contribution in [0.25, 0.3) is 0 Å². The molecule has 126 valence electrons. The average molecular weight is 327 g/mol. The highest BCUT2D eigenvalue weighted by molar-refractivity contribution is 5.91. The summed E-state index contributed by atoms with van der Waals surface area (Å²) in [5.41, 5.74) is 0.903. The maximum absolute atomic E-state index is 12.3. The summed E-state index contributed by atoms with van der Waals surface area (Å²) < 4.78 is 5.18. The molecule has 7 heteroatoms. The first-order valence-corrected chi connectivity index (χ1v) is 7.95. The summed E-state index contributed by atoms with van der Waals surface area (Å²) >= 11 is 0. The summed E-state index contributed by atoms with van der Waals surface area (Å²) in [5.74, 6) is 1.78.